The molecule has 2 atom stereocenters. The van der Waals surface area contributed by atoms with Gasteiger partial charge in [-0.3, -0.25) is 9.11 Å². The van der Waals surface area contributed by atoms with Gasteiger partial charge in [0.15, 0.2) is 0 Å². The topological polar surface area (TPSA) is 161 Å². The van der Waals surface area contributed by atoms with Crippen molar-refractivity contribution in [3.63, 3.8) is 0 Å². The molecule has 15 heavy (non-hydrogen) atoms. The van der Waals surface area contributed by atoms with Crippen LogP contribution in [0, 0.1) is 0 Å². The molecular formula is C5H14N2O6S2. The van der Waals surface area contributed by atoms with Crippen LogP contribution >= 0.6 is 0 Å². The van der Waals surface area contributed by atoms with Crippen LogP contribution in [0.2, 0.25) is 0 Å². The Hall–Kier alpha value is -0.260. The van der Waals surface area contributed by atoms with Crippen molar-refractivity contribution in [2.24, 2.45) is 11.5 Å². The molecule has 92 valence electrons. The van der Waals surface area contributed by atoms with E-state index in [0.717, 1.165) is 0 Å². The first-order valence-corrected chi connectivity index (χ1v) is 6.96. The van der Waals surface area contributed by atoms with Gasteiger partial charge >= 0.3 is 0 Å². The van der Waals surface area contributed by atoms with Crippen molar-refractivity contribution in [3.8, 4) is 0 Å². The lowest BCUT2D eigenvalue weighted by molar-refractivity contribution is 0.445. The molecule has 0 heterocycles. The third kappa shape index (κ3) is 4.86. The lowest BCUT2D eigenvalue weighted by Gasteiger charge is -2.16. The highest BCUT2D eigenvalue weighted by molar-refractivity contribution is 7.87. The first-order valence-electron chi connectivity index (χ1n) is 3.95. The Morgan fingerprint density at radius 1 is 0.867 bits per heavy atom. The lowest BCUT2D eigenvalue weighted by atomic mass is 10.2. The van der Waals surface area contributed by atoms with E-state index in [1.807, 2.05) is 0 Å². The molecule has 0 saturated heterocycles. The van der Waals surface area contributed by atoms with Gasteiger partial charge in [0.05, 0.1) is 0 Å². The van der Waals surface area contributed by atoms with Crippen LogP contribution in [0.15, 0.2) is 0 Å². The van der Waals surface area contributed by atoms with Gasteiger partial charge in [0.2, 0.25) is 0 Å². The summed E-state index contributed by atoms with van der Waals surface area (Å²) in [6.07, 6.45) is -0.537. The Bertz CT molecular complexity index is 350. The summed E-state index contributed by atoms with van der Waals surface area (Å²) in [7, 11) is -8.87. The molecular weight excluding hydrogens is 248 g/mol. The zero-order valence-corrected chi connectivity index (χ0v) is 9.41. The Labute approximate surface area is 88.1 Å². The van der Waals surface area contributed by atoms with Crippen molar-refractivity contribution in [1.82, 2.24) is 0 Å². The molecule has 0 amide bonds. The largest absolute Gasteiger partial charge is 0.329 e. The lowest BCUT2D eigenvalue weighted by Crippen LogP contribution is -2.39. The first-order chi connectivity index (χ1) is 6.62. The fraction of sp³-hybridized carbons (Fsp3) is 1.00. The second kappa shape index (κ2) is 5.18. The molecule has 0 aliphatic heterocycles. The molecule has 0 bridgehead atoms. The zero-order valence-electron chi connectivity index (χ0n) is 7.77. The standard InChI is InChI=1S/C5H14N2O6S2/c6-2-4(14(8,9)10)1-5(3-7)15(11,12)13/h4-5H,1-3,6-7H2,(H,8,9,10)(H,11,12,13). The van der Waals surface area contributed by atoms with Crippen LogP contribution in [0.25, 0.3) is 0 Å². The van der Waals surface area contributed by atoms with E-state index in [2.05, 4.69) is 0 Å². The average Bonchev–Trinajstić information content (AvgIpc) is 2.01. The SMILES string of the molecule is NCC(CC(CN)S(=O)(=O)O)S(=O)(=O)O. The molecule has 10 heteroatoms. The smallest absolute Gasteiger partial charge is 0.269 e. The summed E-state index contributed by atoms with van der Waals surface area (Å²) in [6, 6.07) is 0. The van der Waals surface area contributed by atoms with Gasteiger partial charge in [0.25, 0.3) is 20.2 Å². The molecule has 8 nitrogen and oxygen atoms in total. The summed E-state index contributed by atoms with van der Waals surface area (Å²) in [4.78, 5) is 0. The fourth-order valence-electron chi connectivity index (χ4n) is 0.972. The van der Waals surface area contributed by atoms with E-state index in [0.29, 0.717) is 0 Å². The number of rotatable bonds is 6. The van der Waals surface area contributed by atoms with Crippen LogP contribution < -0.4 is 11.5 Å². The third-order valence-electron chi connectivity index (χ3n) is 1.89. The zero-order chi connectivity index (χ0) is 12.3. The Balaban J connectivity index is 4.83. The predicted molar refractivity (Wildman–Crippen MR) is 53.4 cm³/mol. The maximum atomic E-state index is 10.7. The van der Waals surface area contributed by atoms with Crippen molar-refractivity contribution in [1.29, 1.82) is 0 Å². The first kappa shape index (κ1) is 14.7. The van der Waals surface area contributed by atoms with Gasteiger partial charge < -0.3 is 11.5 Å². The monoisotopic (exact) mass is 262 g/mol. The number of nitrogens with two attached hydrogens (primary N) is 2. The summed E-state index contributed by atoms with van der Waals surface area (Å²) >= 11 is 0. The van der Waals surface area contributed by atoms with Crippen molar-refractivity contribution in [3.05, 3.63) is 0 Å². The maximum absolute atomic E-state index is 10.7. The van der Waals surface area contributed by atoms with Gasteiger partial charge in [-0.1, -0.05) is 0 Å². The molecule has 0 aromatic carbocycles. The van der Waals surface area contributed by atoms with E-state index in [4.69, 9.17) is 20.6 Å². The predicted octanol–water partition coefficient (Wildman–Crippen LogP) is -2.19. The molecule has 0 fully saturated rings. The average molecular weight is 262 g/mol. The quantitative estimate of drug-likeness (QED) is 0.392. The van der Waals surface area contributed by atoms with Gasteiger partial charge in [-0.15, -0.1) is 0 Å². The normalized spacial score (nSPS) is 17.3. The van der Waals surface area contributed by atoms with Gasteiger partial charge in [-0.05, 0) is 6.42 Å². The van der Waals surface area contributed by atoms with Crippen LogP contribution in [0.1, 0.15) is 6.42 Å². The minimum atomic E-state index is -4.44. The molecule has 0 spiro atoms. The highest BCUT2D eigenvalue weighted by Gasteiger charge is 2.30. The van der Waals surface area contributed by atoms with Crippen molar-refractivity contribution < 1.29 is 25.9 Å². The summed E-state index contributed by atoms with van der Waals surface area (Å²) in [5, 5.41) is -2.90. The van der Waals surface area contributed by atoms with Crippen LogP contribution in [0.3, 0.4) is 0 Å². The molecule has 0 aromatic heterocycles. The molecule has 0 aliphatic carbocycles. The molecule has 0 aliphatic rings. The molecule has 0 aromatic rings. The fourth-order valence-corrected chi connectivity index (χ4v) is 2.53. The van der Waals surface area contributed by atoms with Gasteiger partial charge in [0, 0.05) is 13.1 Å². The Morgan fingerprint density at radius 2 is 1.13 bits per heavy atom. The Kier molecular flexibility index (Phi) is 5.09. The molecule has 0 rings (SSSR count). The third-order valence-corrected chi connectivity index (χ3v) is 4.35. The van der Waals surface area contributed by atoms with Crippen molar-refractivity contribution in [2.45, 2.75) is 16.9 Å². The second-order valence-corrected chi connectivity index (χ2v) is 6.37. The van der Waals surface area contributed by atoms with Crippen molar-refractivity contribution >= 4 is 20.2 Å². The Morgan fingerprint density at radius 3 is 1.27 bits per heavy atom. The summed E-state index contributed by atoms with van der Waals surface area (Å²) in [5.74, 6) is 0. The van der Waals surface area contributed by atoms with Crippen LogP contribution in [0.4, 0.5) is 0 Å². The summed E-state index contributed by atoms with van der Waals surface area (Å²) in [5.41, 5.74) is 10.1. The van der Waals surface area contributed by atoms with Crippen LogP contribution in [-0.4, -0.2) is 49.5 Å². The van der Waals surface area contributed by atoms with E-state index in [1.54, 1.807) is 0 Å². The number of hydrogen-bond donors (Lipinski definition) is 4. The van der Waals surface area contributed by atoms with E-state index in [-0.39, 0.29) is 0 Å². The van der Waals surface area contributed by atoms with E-state index >= 15 is 0 Å². The molecule has 6 N–H and O–H groups in total. The molecule has 0 saturated carbocycles. The van der Waals surface area contributed by atoms with Crippen LogP contribution in [0.5, 0.6) is 0 Å². The highest BCUT2D eigenvalue weighted by atomic mass is 32.2. The van der Waals surface area contributed by atoms with Gasteiger partial charge in [0.1, 0.15) is 10.5 Å². The minimum absolute atomic E-state index is 0.454. The van der Waals surface area contributed by atoms with Gasteiger partial charge in [-0.25, -0.2) is 0 Å². The van der Waals surface area contributed by atoms with E-state index < -0.39 is 50.2 Å². The molecule has 2 unspecified atom stereocenters. The maximum Gasteiger partial charge on any atom is 0.269 e. The summed E-state index contributed by atoms with van der Waals surface area (Å²) < 4.78 is 60.1. The number of hydrogen-bond acceptors (Lipinski definition) is 6. The van der Waals surface area contributed by atoms with E-state index in [9.17, 15) is 16.8 Å². The molecule has 0 radical (unpaired) electrons. The van der Waals surface area contributed by atoms with Crippen LogP contribution in [-0.2, 0) is 20.2 Å². The van der Waals surface area contributed by atoms with E-state index in [1.165, 1.54) is 0 Å². The highest BCUT2D eigenvalue weighted by Crippen LogP contribution is 2.11. The van der Waals surface area contributed by atoms with Gasteiger partial charge in [-0.2, -0.15) is 16.8 Å². The minimum Gasteiger partial charge on any atom is -0.329 e. The van der Waals surface area contributed by atoms with Crippen molar-refractivity contribution in [2.75, 3.05) is 13.1 Å². The second-order valence-electron chi connectivity index (χ2n) is 2.98. The summed E-state index contributed by atoms with van der Waals surface area (Å²) in [6.45, 7) is -0.907.